The number of hydrogen-bond acceptors (Lipinski definition) is 0. The zero-order chi connectivity index (χ0) is 21.8. The van der Waals surface area contributed by atoms with E-state index in [1.807, 2.05) is 50.5 Å². The number of fused-ring (bicyclic) bond motifs is 2. The predicted octanol–water partition coefficient (Wildman–Crippen LogP) is 7.47. The van der Waals surface area contributed by atoms with E-state index in [4.69, 9.17) is 0 Å². The van der Waals surface area contributed by atoms with Crippen LogP contribution in [0.15, 0.2) is 73.1 Å². The van der Waals surface area contributed by atoms with E-state index >= 15 is 0 Å². The summed E-state index contributed by atoms with van der Waals surface area (Å²) in [7, 11) is 0. The Labute approximate surface area is 177 Å². The van der Waals surface area contributed by atoms with Gasteiger partial charge in [-0.3, -0.25) is 0 Å². The Morgan fingerprint density at radius 1 is 0.677 bits per heavy atom. The van der Waals surface area contributed by atoms with Crippen LogP contribution in [0.3, 0.4) is 0 Å². The fourth-order valence-electron chi connectivity index (χ4n) is 4.38. The third kappa shape index (κ3) is 3.40. The second-order valence-electron chi connectivity index (χ2n) is 8.14. The molecule has 0 radical (unpaired) electrons. The third-order valence-electron chi connectivity index (χ3n) is 5.93. The lowest BCUT2D eigenvalue weighted by molar-refractivity contribution is -0.137. The molecule has 0 aliphatic rings. The Kier molecular flexibility index (Phi) is 4.43. The number of benzene rings is 3. The van der Waals surface area contributed by atoms with E-state index in [1.54, 1.807) is 12.1 Å². The fourth-order valence-corrected chi connectivity index (χ4v) is 4.38. The van der Waals surface area contributed by atoms with Gasteiger partial charge >= 0.3 is 6.18 Å². The number of nitrogens with one attached hydrogen (secondary N) is 2. The molecule has 156 valence electrons. The molecule has 0 spiro atoms. The summed E-state index contributed by atoms with van der Waals surface area (Å²) in [4.78, 5) is 6.66. The van der Waals surface area contributed by atoms with Crippen molar-refractivity contribution in [3.8, 4) is 0 Å². The highest BCUT2D eigenvalue weighted by atomic mass is 19.4. The number of halogens is 3. The second-order valence-corrected chi connectivity index (χ2v) is 8.14. The molecule has 0 saturated heterocycles. The van der Waals surface area contributed by atoms with Crippen LogP contribution < -0.4 is 0 Å². The lowest BCUT2D eigenvalue weighted by Gasteiger charge is -2.18. The molecule has 3 aromatic carbocycles. The SMILES string of the molecule is Cc1ccc2[nH]cc(C(c3ccc(C(F)(F)F)cc3)c3c[nH]c4ccc(C)cc34)c2c1. The van der Waals surface area contributed by atoms with Crippen LogP contribution in [0.4, 0.5) is 13.2 Å². The Morgan fingerprint density at radius 3 is 1.61 bits per heavy atom. The molecule has 2 aromatic heterocycles. The Bertz CT molecular complexity index is 1310. The molecule has 5 heteroatoms. The van der Waals surface area contributed by atoms with Gasteiger partial charge in [0.1, 0.15) is 0 Å². The smallest absolute Gasteiger partial charge is 0.361 e. The van der Waals surface area contributed by atoms with Crippen LogP contribution >= 0.6 is 0 Å². The van der Waals surface area contributed by atoms with Crippen LogP contribution in [0.25, 0.3) is 21.8 Å². The van der Waals surface area contributed by atoms with Crippen molar-refractivity contribution in [2.45, 2.75) is 25.9 Å². The number of rotatable bonds is 3. The molecule has 5 rings (SSSR count). The van der Waals surface area contributed by atoms with Gasteiger partial charge in [0.15, 0.2) is 0 Å². The molecule has 2 heterocycles. The number of hydrogen-bond donors (Lipinski definition) is 2. The number of H-pyrrole nitrogens is 2. The molecule has 0 atom stereocenters. The molecule has 0 unspecified atom stereocenters. The summed E-state index contributed by atoms with van der Waals surface area (Å²) in [5.41, 5.74) is 6.55. The lowest BCUT2D eigenvalue weighted by atomic mass is 9.84. The molecule has 0 aliphatic heterocycles. The summed E-state index contributed by atoms with van der Waals surface area (Å²) in [5, 5.41) is 2.15. The predicted molar refractivity (Wildman–Crippen MR) is 118 cm³/mol. The Hall–Kier alpha value is -3.47. The van der Waals surface area contributed by atoms with E-state index in [2.05, 4.69) is 22.1 Å². The van der Waals surface area contributed by atoms with Crippen LogP contribution in [0.1, 0.15) is 39.3 Å². The van der Waals surface area contributed by atoms with E-state index < -0.39 is 11.7 Å². The van der Waals surface area contributed by atoms with Gasteiger partial charge in [-0.25, -0.2) is 0 Å². The Balaban J connectivity index is 1.76. The normalized spacial score (nSPS) is 12.3. The molecule has 2 nitrogen and oxygen atoms in total. The highest BCUT2D eigenvalue weighted by Gasteiger charge is 2.31. The second kappa shape index (κ2) is 7.05. The maximum atomic E-state index is 13.2. The molecular weight excluding hydrogens is 397 g/mol. The highest BCUT2D eigenvalue weighted by Crippen LogP contribution is 2.40. The van der Waals surface area contributed by atoms with Crippen molar-refractivity contribution in [1.82, 2.24) is 9.97 Å². The summed E-state index contributed by atoms with van der Waals surface area (Å²) < 4.78 is 39.5. The van der Waals surface area contributed by atoms with Crippen LogP contribution in [0, 0.1) is 13.8 Å². The number of aromatic amines is 2. The van der Waals surface area contributed by atoms with Gasteiger partial charge < -0.3 is 9.97 Å². The first kappa shape index (κ1) is 19.5. The highest BCUT2D eigenvalue weighted by molar-refractivity contribution is 5.89. The largest absolute Gasteiger partial charge is 0.416 e. The lowest BCUT2D eigenvalue weighted by Crippen LogP contribution is -2.07. The zero-order valence-electron chi connectivity index (χ0n) is 17.1. The van der Waals surface area contributed by atoms with Crippen molar-refractivity contribution in [2.24, 2.45) is 0 Å². The van der Waals surface area contributed by atoms with Crippen molar-refractivity contribution in [1.29, 1.82) is 0 Å². The molecule has 5 aromatic rings. The molecular formula is C26H21F3N2. The molecule has 0 saturated carbocycles. The maximum absolute atomic E-state index is 13.2. The average Bonchev–Trinajstić information content (AvgIpc) is 3.33. The Morgan fingerprint density at radius 2 is 1.16 bits per heavy atom. The molecule has 2 N–H and O–H groups in total. The van der Waals surface area contributed by atoms with Gasteiger partial charge in [-0.1, -0.05) is 35.4 Å². The number of aryl methyl sites for hydroxylation is 2. The summed E-state index contributed by atoms with van der Waals surface area (Å²) >= 11 is 0. The van der Waals surface area contributed by atoms with E-state index in [-0.39, 0.29) is 5.92 Å². The van der Waals surface area contributed by atoms with Crippen LogP contribution in [-0.4, -0.2) is 9.97 Å². The van der Waals surface area contributed by atoms with Gasteiger partial charge in [0.05, 0.1) is 5.56 Å². The first-order chi connectivity index (χ1) is 14.8. The fraction of sp³-hybridized carbons (Fsp3) is 0.154. The van der Waals surface area contributed by atoms with E-state index in [9.17, 15) is 13.2 Å². The quantitative estimate of drug-likeness (QED) is 0.305. The third-order valence-corrected chi connectivity index (χ3v) is 5.93. The maximum Gasteiger partial charge on any atom is 0.416 e. The number of aromatic nitrogens is 2. The zero-order valence-corrected chi connectivity index (χ0v) is 17.1. The average molecular weight is 418 g/mol. The van der Waals surface area contributed by atoms with Gasteiger partial charge in [0, 0.05) is 40.1 Å². The minimum Gasteiger partial charge on any atom is -0.361 e. The molecule has 0 aliphatic carbocycles. The minimum absolute atomic E-state index is 0.214. The van der Waals surface area contributed by atoms with Crippen LogP contribution in [-0.2, 0) is 6.18 Å². The molecule has 0 amide bonds. The molecule has 0 bridgehead atoms. The van der Waals surface area contributed by atoms with E-state index in [1.165, 1.54) is 12.1 Å². The molecule has 0 fully saturated rings. The summed E-state index contributed by atoms with van der Waals surface area (Å²) in [6.07, 6.45) is -0.411. The van der Waals surface area contributed by atoms with E-state index in [0.717, 1.165) is 49.6 Å². The van der Waals surface area contributed by atoms with Crippen molar-refractivity contribution in [3.63, 3.8) is 0 Å². The summed E-state index contributed by atoms with van der Waals surface area (Å²) in [6, 6.07) is 17.9. The summed E-state index contributed by atoms with van der Waals surface area (Å²) in [6.45, 7) is 4.08. The van der Waals surface area contributed by atoms with E-state index in [0.29, 0.717) is 0 Å². The monoisotopic (exact) mass is 418 g/mol. The van der Waals surface area contributed by atoms with Gasteiger partial charge in [-0.15, -0.1) is 0 Å². The van der Waals surface area contributed by atoms with Gasteiger partial charge in [0.25, 0.3) is 0 Å². The van der Waals surface area contributed by atoms with Gasteiger partial charge in [0.2, 0.25) is 0 Å². The van der Waals surface area contributed by atoms with Crippen LogP contribution in [0.5, 0.6) is 0 Å². The van der Waals surface area contributed by atoms with Crippen molar-refractivity contribution in [2.75, 3.05) is 0 Å². The van der Waals surface area contributed by atoms with Crippen molar-refractivity contribution in [3.05, 3.63) is 106 Å². The number of alkyl halides is 3. The van der Waals surface area contributed by atoms with Gasteiger partial charge in [-0.05, 0) is 66.9 Å². The first-order valence-corrected chi connectivity index (χ1v) is 10.1. The van der Waals surface area contributed by atoms with Crippen LogP contribution in [0.2, 0.25) is 0 Å². The topological polar surface area (TPSA) is 31.6 Å². The van der Waals surface area contributed by atoms with Gasteiger partial charge in [-0.2, -0.15) is 13.2 Å². The van der Waals surface area contributed by atoms with Crippen molar-refractivity contribution < 1.29 is 13.2 Å². The standard InChI is InChI=1S/C26H21F3N2/c1-15-3-9-23-19(11-15)21(13-30-23)25(17-5-7-18(8-6-17)26(27,28)29)22-14-31-24-10-4-16(2)12-20(22)24/h3-14,25,30-31H,1-2H3. The first-order valence-electron chi connectivity index (χ1n) is 10.1. The summed E-state index contributed by atoms with van der Waals surface area (Å²) in [5.74, 6) is -0.214. The molecule has 31 heavy (non-hydrogen) atoms. The minimum atomic E-state index is -4.36. The van der Waals surface area contributed by atoms with Crippen molar-refractivity contribution >= 4 is 21.8 Å².